The summed E-state index contributed by atoms with van der Waals surface area (Å²) >= 11 is 0. The predicted molar refractivity (Wildman–Crippen MR) is 93.0 cm³/mol. The van der Waals surface area contributed by atoms with E-state index in [1.165, 1.54) is 5.56 Å². The maximum Gasteiger partial charge on any atom is 0.413 e. The van der Waals surface area contributed by atoms with Crippen LogP contribution in [0.15, 0.2) is 42.5 Å². The number of carbonyl (C=O) groups is 1. The summed E-state index contributed by atoms with van der Waals surface area (Å²) in [5, 5.41) is 2.62. The molecular weight excluding hydrogens is 304 g/mol. The number of nitrogens with zero attached hydrogens (tertiary/aromatic N) is 3. The molecule has 2 aromatic heterocycles. The van der Waals surface area contributed by atoms with Crippen LogP contribution in [0.1, 0.15) is 25.2 Å². The number of imidazole rings is 1. The van der Waals surface area contributed by atoms with Crippen molar-refractivity contribution in [1.82, 2.24) is 14.5 Å². The van der Waals surface area contributed by atoms with Crippen molar-refractivity contribution in [2.45, 2.75) is 33.4 Å². The van der Waals surface area contributed by atoms with Crippen molar-refractivity contribution >= 4 is 23.1 Å². The molecule has 0 atom stereocenters. The molecule has 0 fully saturated rings. The summed E-state index contributed by atoms with van der Waals surface area (Å²) in [6, 6.07) is 13.9. The van der Waals surface area contributed by atoms with Gasteiger partial charge in [-0.1, -0.05) is 30.3 Å². The van der Waals surface area contributed by atoms with Crippen LogP contribution in [0, 0.1) is 6.92 Å². The average Bonchev–Trinajstić information content (AvgIpc) is 2.82. The molecule has 0 bridgehead atoms. The molecule has 0 aliphatic rings. The topological polar surface area (TPSA) is 69.0 Å². The smallest absolute Gasteiger partial charge is 0.413 e. The number of benzene rings is 1. The van der Waals surface area contributed by atoms with Gasteiger partial charge >= 0.3 is 6.09 Å². The summed E-state index contributed by atoms with van der Waals surface area (Å²) in [6.07, 6.45) is -0.696. The Kier molecular flexibility index (Phi) is 4.46. The van der Waals surface area contributed by atoms with E-state index in [0.29, 0.717) is 11.5 Å². The largest absolute Gasteiger partial charge is 0.447 e. The summed E-state index contributed by atoms with van der Waals surface area (Å²) < 4.78 is 7.16. The van der Waals surface area contributed by atoms with E-state index in [1.54, 1.807) is 19.9 Å². The zero-order chi connectivity index (χ0) is 17.1. The maximum atomic E-state index is 11.7. The highest BCUT2D eigenvalue weighted by molar-refractivity contribution is 5.85. The number of amides is 1. The summed E-state index contributed by atoms with van der Waals surface area (Å²) in [4.78, 5) is 20.6. The second kappa shape index (κ2) is 6.70. The first-order valence-corrected chi connectivity index (χ1v) is 7.88. The van der Waals surface area contributed by atoms with Gasteiger partial charge < -0.3 is 9.30 Å². The van der Waals surface area contributed by atoms with Gasteiger partial charge in [-0.05, 0) is 38.5 Å². The van der Waals surface area contributed by atoms with Gasteiger partial charge in [0.05, 0.1) is 11.6 Å². The molecule has 3 aromatic rings. The Morgan fingerprint density at radius 3 is 2.62 bits per heavy atom. The number of hydrogen-bond donors (Lipinski definition) is 1. The summed E-state index contributed by atoms with van der Waals surface area (Å²) in [5.41, 5.74) is 2.73. The van der Waals surface area contributed by atoms with Crippen molar-refractivity contribution in [1.29, 1.82) is 0 Å². The SMILES string of the molecule is Cc1nc2nc(NC(=O)OC(C)C)ccc2n1Cc1ccccc1. The highest BCUT2D eigenvalue weighted by Crippen LogP contribution is 2.18. The van der Waals surface area contributed by atoms with Gasteiger partial charge in [-0.3, -0.25) is 5.32 Å². The van der Waals surface area contributed by atoms with Gasteiger partial charge in [0, 0.05) is 6.54 Å². The highest BCUT2D eigenvalue weighted by Gasteiger charge is 2.12. The first-order chi connectivity index (χ1) is 11.5. The molecule has 1 N–H and O–H groups in total. The molecule has 1 aromatic carbocycles. The molecule has 0 radical (unpaired) electrons. The minimum atomic E-state index is -0.516. The summed E-state index contributed by atoms with van der Waals surface area (Å²) in [6.45, 7) is 6.27. The Hall–Kier alpha value is -2.89. The monoisotopic (exact) mass is 324 g/mol. The molecular formula is C18H20N4O2. The molecule has 3 rings (SSSR count). The number of anilines is 1. The number of aromatic nitrogens is 3. The molecule has 0 saturated carbocycles. The fraction of sp³-hybridized carbons (Fsp3) is 0.278. The molecule has 0 saturated heterocycles. The van der Waals surface area contributed by atoms with Crippen LogP contribution in [0.3, 0.4) is 0 Å². The zero-order valence-corrected chi connectivity index (χ0v) is 14.0. The lowest BCUT2D eigenvalue weighted by atomic mass is 10.2. The fourth-order valence-electron chi connectivity index (χ4n) is 2.51. The minimum absolute atomic E-state index is 0.180. The molecule has 0 spiro atoms. The molecule has 0 aliphatic carbocycles. The van der Waals surface area contributed by atoms with Crippen LogP contribution < -0.4 is 5.32 Å². The number of rotatable bonds is 4. The summed E-state index contributed by atoms with van der Waals surface area (Å²) in [7, 11) is 0. The second-order valence-electron chi connectivity index (χ2n) is 5.85. The van der Waals surface area contributed by atoms with E-state index in [-0.39, 0.29) is 6.10 Å². The Morgan fingerprint density at radius 1 is 1.17 bits per heavy atom. The van der Waals surface area contributed by atoms with E-state index in [1.807, 2.05) is 31.2 Å². The van der Waals surface area contributed by atoms with E-state index in [0.717, 1.165) is 17.9 Å². The zero-order valence-electron chi connectivity index (χ0n) is 14.0. The van der Waals surface area contributed by atoms with Crippen molar-refractivity contribution in [2.24, 2.45) is 0 Å². The first-order valence-electron chi connectivity index (χ1n) is 7.88. The van der Waals surface area contributed by atoms with Crippen molar-refractivity contribution in [3.05, 3.63) is 53.9 Å². The maximum absolute atomic E-state index is 11.7. The molecule has 1 amide bonds. The fourth-order valence-corrected chi connectivity index (χ4v) is 2.51. The Bertz CT molecular complexity index is 856. The minimum Gasteiger partial charge on any atom is -0.447 e. The molecule has 0 aliphatic heterocycles. The average molecular weight is 324 g/mol. The first kappa shape index (κ1) is 16.0. The van der Waals surface area contributed by atoms with Crippen LogP contribution in [0.4, 0.5) is 10.6 Å². The third-order valence-electron chi connectivity index (χ3n) is 3.56. The molecule has 24 heavy (non-hydrogen) atoms. The van der Waals surface area contributed by atoms with E-state index in [2.05, 4.69) is 32.0 Å². The quantitative estimate of drug-likeness (QED) is 0.793. The molecule has 2 heterocycles. The molecule has 0 unspecified atom stereocenters. The molecule has 124 valence electrons. The summed E-state index contributed by atoms with van der Waals surface area (Å²) in [5.74, 6) is 1.31. The Labute approximate surface area is 140 Å². The van der Waals surface area contributed by atoms with Crippen LogP contribution in [0.25, 0.3) is 11.2 Å². The van der Waals surface area contributed by atoms with Gasteiger partial charge in [-0.15, -0.1) is 0 Å². The van der Waals surface area contributed by atoms with Crippen molar-refractivity contribution in [2.75, 3.05) is 5.32 Å². The van der Waals surface area contributed by atoms with Gasteiger partial charge in [0.2, 0.25) is 0 Å². The standard InChI is InChI=1S/C18H20N4O2/c1-12(2)24-18(23)21-16-10-9-15-17(20-16)19-13(3)22(15)11-14-7-5-4-6-8-14/h4-10,12H,11H2,1-3H3,(H,20,21,23). The lowest BCUT2D eigenvalue weighted by molar-refractivity contribution is 0.130. The van der Waals surface area contributed by atoms with Crippen molar-refractivity contribution in [3.63, 3.8) is 0 Å². The number of ether oxygens (including phenoxy) is 1. The number of nitrogens with one attached hydrogen (secondary N) is 1. The second-order valence-corrected chi connectivity index (χ2v) is 5.85. The van der Waals surface area contributed by atoms with Crippen LogP contribution in [0.2, 0.25) is 0 Å². The molecule has 6 heteroatoms. The Balaban J connectivity index is 1.86. The lowest BCUT2D eigenvalue weighted by Gasteiger charge is -2.09. The highest BCUT2D eigenvalue weighted by atomic mass is 16.6. The van der Waals surface area contributed by atoms with E-state index in [9.17, 15) is 4.79 Å². The van der Waals surface area contributed by atoms with Gasteiger partial charge in [0.1, 0.15) is 11.6 Å². The third-order valence-corrected chi connectivity index (χ3v) is 3.56. The van der Waals surface area contributed by atoms with Gasteiger partial charge in [0.15, 0.2) is 5.65 Å². The van der Waals surface area contributed by atoms with Gasteiger partial charge in [0.25, 0.3) is 0 Å². The number of fused-ring (bicyclic) bond motifs is 1. The van der Waals surface area contributed by atoms with E-state index < -0.39 is 6.09 Å². The van der Waals surface area contributed by atoms with Gasteiger partial charge in [-0.25, -0.2) is 14.8 Å². The number of hydrogen-bond acceptors (Lipinski definition) is 4. The van der Waals surface area contributed by atoms with Crippen LogP contribution >= 0.6 is 0 Å². The Morgan fingerprint density at radius 2 is 1.92 bits per heavy atom. The van der Waals surface area contributed by atoms with Crippen molar-refractivity contribution in [3.8, 4) is 0 Å². The van der Waals surface area contributed by atoms with Crippen LogP contribution in [-0.4, -0.2) is 26.7 Å². The normalized spacial score (nSPS) is 11.0. The van der Waals surface area contributed by atoms with Crippen LogP contribution in [0.5, 0.6) is 0 Å². The third kappa shape index (κ3) is 3.53. The predicted octanol–water partition coefficient (Wildman–Crippen LogP) is 3.74. The number of pyridine rings is 1. The van der Waals surface area contributed by atoms with Gasteiger partial charge in [-0.2, -0.15) is 0 Å². The number of carbonyl (C=O) groups excluding carboxylic acids is 1. The lowest BCUT2D eigenvalue weighted by Crippen LogP contribution is -2.18. The molecule has 6 nitrogen and oxygen atoms in total. The number of aryl methyl sites for hydroxylation is 1. The van der Waals surface area contributed by atoms with Crippen molar-refractivity contribution < 1.29 is 9.53 Å². The van der Waals surface area contributed by atoms with Crippen LogP contribution in [-0.2, 0) is 11.3 Å². The van der Waals surface area contributed by atoms with E-state index in [4.69, 9.17) is 4.74 Å². The van der Waals surface area contributed by atoms with E-state index >= 15 is 0 Å².